The summed E-state index contributed by atoms with van der Waals surface area (Å²) < 4.78 is 143. The molecule has 0 bridgehead atoms. The highest BCUT2D eigenvalue weighted by molar-refractivity contribution is 8.20. The van der Waals surface area contributed by atoms with E-state index in [0.717, 1.165) is 25.7 Å². The quantitative estimate of drug-likeness (QED) is 0.0201. The third kappa shape index (κ3) is 21.0. The van der Waals surface area contributed by atoms with Crippen molar-refractivity contribution in [1.82, 2.24) is 63.8 Å². The largest absolute Gasteiger partial charge is 0.481 e. The van der Waals surface area contributed by atoms with Crippen LogP contribution in [0, 0.1) is 41.4 Å². The first kappa shape index (κ1) is 79.4. The Bertz CT molecular complexity index is 2910. The highest BCUT2D eigenvalue weighted by Crippen LogP contribution is 2.56. The highest BCUT2D eigenvalue weighted by atomic mass is 32.3. The summed E-state index contributed by atoms with van der Waals surface area (Å²) in [5.74, 6) is -9.98. The number of rotatable bonds is 29. The molecule has 98 heavy (non-hydrogen) atoms. The van der Waals surface area contributed by atoms with Crippen LogP contribution in [0.5, 0.6) is 0 Å². The molecule has 2 heterocycles. The van der Waals surface area contributed by atoms with Crippen LogP contribution < -0.4 is 63.8 Å². The number of aliphatic hydroxyl groups excluding tert-OH is 3. The molecule has 26 N–H and O–H groups in total. The molecule has 38 nitrogen and oxygen atoms in total. The normalized spacial score (nSPS) is 42.1. The zero-order chi connectivity index (χ0) is 71.2. The van der Waals surface area contributed by atoms with Crippen molar-refractivity contribution in [2.45, 2.75) is 268 Å². The van der Waals surface area contributed by atoms with E-state index in [-0.39, 0.29) is 89.1 Å². The molecular formula is C56H106N16O22S4. The van der Waals surface area contributed by atoms with Crippen LogP contribution in [0.3, 0.4) is 0 Å². The van der Waals surface area contributed by atoms with Crippen LogP contribution in [0.25, 0.3) is 0 Å². The summed E-state index contributed by atoms with van der Waals surface area (Å²) in [5.41, 5.74) is 0. The second-order valence-electron chi connectivity index (χ2n) is 28.4. The van der Waals surface area contributed by atoms with Gasteiger partial charge >= 0.3 is 17.9 Å². The van der Waals surface area contributed by atoms with E-state index in [4.69, 9.17) is 4.74 Å². The van der Waals surface area contributed by atoms with Gasteiger partial charge in [-0.05, 0) is 141 Å². The molecule has 0 aromatic rings. The molecule has 9 fully saturated rings. The van der Waals surface area contributed by atoms with Crippen molar-refractivity contribution in [2.24, 2.45) is 61.9 Å². The number of aliphatic hydroxyl groups is 3. The number of aliphatic carboxylic acids is 3. The van der Waals surface area contributed by atoms with Gasteiger partial charge in [0, 0.05) is 36.0 Å². The van der Waals surface area contributed by atoms with Crippen LogP contribution in [0.1, 0.15) is 142 Å². The smallest absolute Gasteiger partial charge is 0.306 e. The molecule has 566 valence electrons. The number of hydrogen-bond donors (Lipinski definition) is 26. The van der Waals surface area contributed by atoms with E-state index >= 15 is 0 Å². The molecular weight excluding hydrogens is 1380 g/mol. The van der Waals surface area contributed by atoms with Gasteiger partial charge in [-0.15, -0.1) is 0 Å². The van der Waals surface area contributed by atoms with Crippen LogP contribution in [0.15, 0.2) is 20.5 Å². The predicted octanol–water partition coefficient (Wildman–Crippen LogP) is -0.0982. The van der Waals surface area contributed by atoms with Crippen molar-refractivity contribution in [3.63, 3.8) is 0 Å². The van der Waals surface area contributed by atoms with Crippen LogP contribution in [-0.2, 0) is 39.4 Å². The number of nitrogens with one attached hydrogen (secondary N) is 12. The second-order valence-corrected chi connectivity index (χ2v) is 35.2. The Morgan fingerprint density at radius 1 is 0.459 bits per heavy atom. The van der Waals surface area contributed by atoms with Crippen molar-refractivity contribution < 1.29 is 103 Å². The maximum atomic E-state index is 13.0. The van der Waals surface area contributed by atoms with Crippen molar-refractivity contribution in [1.29, 1.82) is 0 Å². The number of nitrogens with zero attached hydrogens (tertiary/aromatic N) is 4. The van der Waals surface area contributed by atoms with Gasteiger partial charge in [0.25, 0.3) is 20.2 Å². The molecule has 7 saturated carbocycles. The summed E-state index contributed by atoms with van der Waals surface area (Å²) in [6, 6.07) is -6.63. The van der Waals surface area contributed by atoms with Gasteiger partial charge in [0.1, 0.15) is 56.6 Å². The number of unbranched alkanes of at least 4 members (excludes halogenated alkanes) is 2. The van der Waals surface area contributed by atoms with E-state index in [0.29, 0.717) is 38.8 Å². The molecule has 25 atom stereocenters. The number of azo groups is 2. The van der Waals surface area contributed by atoms with Crippen molar-refractivity contribution in [3.05, 3.63) is 0 Å². The molecule has 42 heteroatoms. The molecule has 2 aliphatic heterocycles. The molecule has 0 aromatic heterocycles. The number of hydrogen-bond acceptors (Lipinski definition) is 33. The number of carbonyl (C=O) groups is 3. The summed E-state index contributed by atoms with van der Waals surface area (Å²) >= 11 is 0. The molecule has 0 amide bonds. The SMILES string of the molecule is CCCCNC1NC(NC2CCC(NC3NC(NCCCC)NC(NC4CC(S(=O)(=O)O)CC5CC(S(O)(O)O)C(N=NC6CC(C(=O)O)CC(C(=O)O)C6)C(O)C54)N3)CC2)NC(NC2CC(S(=O)(=O)O)CC3CC(S(O)(O)O)C(N=NC4CC(OCO)CC(C(=O)O)C4)C(O)C32)N1. The monoisotopic (exact) mass is 1480 g/mol. The van der Waals surface area contributed by atoms with Crippen molar-refractivity contribution >= 4 is 59.9 Å². The lowest BCUT2D eigenvalue weighted by Gasteiger charge is -2.53. The molecule has 25 unspecified atom stereocenters. The molecule has 9 rings (SSSR count). The molecule has 0 spiro atoms. The Morgan fingerprint density at radius 2 is 0.816 bits per heavy atom. The first-order valence-corrected chi connectivity index (χ1v) is 40.4. The highest BCUT2D eigenvalue weighted by Gasteiger charge is 2.58. The van der Waals surface area contributed by atoms with E-state index in [1.165, 1.54) is 0 Å². The number of carboxylic acids is 3. The molecule has 0 radical (unpaired) electrons. The first-order valence-electron chi connectivity index (χ1n) is 34.2. The molecule has 2 saturated heterocycles. The van der Waals surface area contributed by atoms with Gasteiger partial charge in [0.05, 0.1) is 90.9 Å². The molecule has 0 aromatic carbocycles. The fraction of sp³-hybridized carbons (Fsp3) is 0.946. The standard InChI is InChI=1S/C56H106N16O22S4/c1-3-5-11-57-51-63-53(67-55(65-51)61-38-23-36(95(82,83)84)18-26-20-40(97(88,89)90)44(46(74)42(26)38)71-69-33-14-28(48(76)77)13-29(15-33)49(78)79)59-31-7-9-32(10-8-31)60-54-64-52(58-12-6-4-2)66-56(68-54)62-39-24-37(96(85,86)87)19-27-21-41(98(91,92)93)45(47(75)43(27)39)72-70-34-16-30(50(80)81)17-35(22-34)94-25-73/h26-47,51-68,73-75,88-93H,3-25H2,1-2H3,(H,76,77)(H,78,79)(H,80,81)(H,82,83,84)(H,85,86,87). The lowest BCUT2D eigenvalue weighted by atomic mass is 9.65. The fourth-order valence-corrected chi connectivity index (χ4v) is 20.9. The van der Waals surface area contributed by atoms with Gasteiger partial charge in [-0.1, -0.05) is 26.7 Å². The molecule has 9 aliphatic rings. The van der Waals surface area contributed by atoms with Crippen molar-refractivity contribution in [2.75, 3.05) is 19.9 Å². The Morgan fingerprint density at radius 3 is 1.16 bits per heavy atom. The van der Waals surface area contributed by atoms with Crippen LogP contribution in [0.2, 0.25) is 0 Å². The van der Waals surface area contributed by atoms with Crippen LogP contribution >= 0.6 is 21.7 Å². The predicted molar refractivity (Wildman–Crippen MR) is 354 cm³/mol. The average Bonchev–Trinajstić information content (AvgIpc) is 0.753. The van der Waals surface area contributed by atoms with Gasteiger partial charge in [-0.3, -0.25) is 87.3 Å². The van der Waals surface area contributed by atoms with E-state index in [1.54, 1.807) is 0 Å². The summed E-state index contributed by atoms with van der Waals surface area (Å²) in [6.45, 7) is 4.61. The van der Waals surface area contributed by atoms with E-state index in [1.807, 2.05) is 13.8 Å². The average molecular weight is 1480 g/mol. The fourth-order valence-electron chi connectivity index (χ4n) is 16.8. The first-order chi connectivity index (χ1) is 46.2. The number of fused-ring (bicyclic) bond motifs is 2. The Kier molecular flexibility index (Phi) is 27.9. The summed E-state index contributed by atoms with van der Waals surface area (Å²) in [6.07, 6.45) is -3.01. The van der Waals surface area contributed by atoms with E-state index < -0.39 is 221 Å². The minimum atomic E-state index is -4.72. The van der Waals surface area contributed by atoms with Gasteiger partial charge < -0.3 is 62.7 Å². The summed E-state index contributed by atoms with van der Waals surface area (Å²) in [5, 5.41) is 117. The third-order valence-electron chi connectivity index (χ3n) is 21.6. The Labute approximate surface area is 573 Å². The summed E-state index contributed by atoms with van der Waals surface area (Å²) in [4.78, 5) is 36.1. The Balaban J connectivity index is 0.872. The minimum Gasteiger partial charge on any atom is -0.481 e. The van der Waals surface area contributed by atoms with Crippen LogP contribution in [0.4, 0.5) is 0 Å². The van der Waals surface area contributed by atoms with Gasteiger partial charge in [-0.2, -0.15) is 37.3 Å². The zero-order valence-corrected chi connectivity index (χ0v) is 58.1. The van der Waals surface area contributed by atoms with E-state index in [9.17, 15) is 98.3 Å². The minimum absolute atomic E-state index is 0.0311. The maximum Gasteiger partial charge on any atom is 0.306 e. The van der Waals surface area contributed by atoms with E-state index in [2.05, 4.69) is 84.3 Å². The number of ether oxygens (including phenoxy) is 1. The van der Waals surface area contributed by atoms with Crippen LogP contribution in [-0.4, -0.2) is 247 Å². The lowest BCUT2D eigenvalue weighted by molar-refractivity contribution is -0.149. The molecule has 7 aliphatic carbocycles. The maximum absolute atomic E-state index is 13.0. The van der Waals surface area contributed by atoms with Crippen molar-refractivity contribution in [3.8, 4) is 0 Å². The third-order valence-corrected chi connectivity index (χ3v) is 26.6. The topological polar surface area (TPSA) is 606 Å². The second kappa shape index (κ2) is 34.4. The van der Waals surface area contributed by atoms with Gasteiger partial charge in [0.15, 0.2) is 0 Å². The zero-order valence-electron chi connectivity index (χ0n) is 54.9. The Hall–Kier alpha value is -2.75. The summed E-state index contributed by atoms with van der Waals surface area (Å²) in [7, 11) is -18.4. The van der Waals surface area contributed by atoms with Gasteiger partial charge in [-0.25, -0.2) is 0 Å². The lowest BCUT2D eigenvalue weighted by Crippen LogP contribution is -2.79. The number of carboxylic acid groups (broad SMARTS) is 3. The van der Waals surface area contributed by atoms with Gasteiger partial charge in [0.2, 0.25) is 0 Å².